The molecule has 0 heterocycles. The minimum Gasteiger partial charge on any atom is -0.295 e. The normalized spacial score (nSPS) is 48.2. The molecule has 1 heteroatoms. The molecule has 0 saturated heterocycles. The number of Topliss-reactive ketones (excluding diaryl/α,β-unsaturated/α-hetero) is 1. The summed E-state index contributed by atoms with van der Waals surface area (Å²) in [6.07, 6.45) is 9.83. The highest BCUT2D eigenvalue weighted by Gasteiger charge is 2.56. The zero-order valence-electron chi connectivity index (χ0n) is 16.1. The van der Waals surface area contributed by atoms with E-state index in [2.05, 4.69) is 34.3 Å². The van der Waals surface area contributed by atoms with Gasteiger partial charge in [0, 0.05) is 6.42 Å². The van der Waals surface area contributed by atoms with Gasteiger partial charge in [-0.05, 0) is 91.9 Å². The Labute approximate surface area is 148 Å². The lowest BCUT2D eigenvalue weighted by atomic mass is 9.49. The molecular weight excluding hydrogens is 292 g/mol. The lowest BCUT2D eigenvalue weighted by molar-refractivity contribution is -0.116. The van der Waals surface area contributed by atoms with Crippen molar-refractivity contribution in [1.29, 1.82) is 0 Å². The molecule has 0 aromatic carbocycles. The summed E-state index contributed by atoms with van der Waals surface area (Å²) in [5, 5.41) is 0. The van der Waals surface area contributed by atoms with Gasteiger partial charge in [0.25, 0.3) is 0 Å². The van der Waals surface area contributed by atoms with Crippen molar-refractivity contribution in [3.63, 3.8) is 0 Å². The van der Waals surface area contributed by atoms with Crippen LogP contribution in [0.2, 0.25) is 0 Å². The van der Waals surface area contributed by atoms with E-state index in [-0.39, 0.29) is 0 Å². The molecule has 0 radical (unpaired) electrons. The molecule has 4 rings (SSSR count). The molecule has 1 nitrogen and oxygen atoms in total. The number of carbonyl (C=O) groups excluding carboxylic acids is 1. The molecule has 0 amide bonds. The van der Waals surface area contributed by atoms with Gasteiger partial charge >= 0.3 is 0 Å². The SMILES string of the molecule is C=C1CCC2CC2(C)CCC2C1CC2(C)CC1=C(C)C(C)CC1=O. The van der Waals surface area contributed by atoms with Crippen LogP contribution in [0.3, 0.4) is 0 Å². The zero-order chi connectivity index (χ0) is 17.3. The summed E-state index contributed by atoms with van der Waals surface area (Å²) in [6, 6.07) is 0. The zero-order valence-corrected chi connectivity index (χ0v) is 16.1. The molecule has 0 aliphatic heterocycles. The average molecular weight is 327 g/mol. The first-order chi connectivity index (χ1) is 11.2. The van der Waals surface area contributed by atoms with Gasteiger partial charge in [0.05, 0.1) is 0 Å². The molecule has 6 unspecified atom stereocenters. The first kappa shape index (κ1) is 16.6. The Morgan fingerprint density at radius 2 is 1.96 bits per heavy atom. The van der Waals surface area contributed by atoms with Crippen molar-refractivity contribution >= 4 is 5.78 Å². The molecule has 0 spiro atoms. The van der Waals surface area contributed by atoms with E-state index in [0.29, 0.717) is 22.5 Å². The van der Waals surface area contributed by atoms with E-state index in [0.717, 1.165) is 30.6 Å². The Morgan fingerprint density at radius 3 is 2.62 bits per heavy atom. The lowest BCUT2D eigenvalue weighted by Crippen LogP contribution is -2.47. The maximum atomic E-state index is 12.4. The minimum absolute atomic E-state index is 0.328. The summed E-state index contributed by atoms with van der Waals surface area (Å²) in [5.74, 6) is 3.34. The highest BCUT2D eigenvalue weighted by molar-refractivity contribution is 5.99. The molecule has 0 aromatic rings. The molecule has 0 bridgehead atoms. The fraction of sp³-hybridized carbons (Fsp3) is 0.783. The number of hydrogen-bond donors (Lipinski definition) is 0. The quantitative estimate of drug-likeness (QED) is 0.560. The van der Waals surface area contributed by atoms with E-state index in [4.69, 9.17) is 0 Å². The predicted octanol–water partition coefficient (Wildman–Crippen LogP) is 6.10. The highest BCUT2D eigenvalue weighted by atomic mass is 16.1. The highest BCUT2D eigenvalue weighted by Crippen LogP contribution is 2.65. The van der Waals surface area contributed by atoms with Gasteiger partial charge in [0.2, 0.25) is 0 Å². The standard InChI is InChI=1S/C23H34O/c1-14-6-7-17-11-22(17,4)9-8-20-18(14)12-23(20,5)13-19-16(3)15(2)10-21(19)24/h15,17-18,20H,1,6-13H2,2-5H3. The van der Waals surface area contributed by atoms with Gasteiger partial charge in [-0.25, -0.2) is 0 Å². The van der Waals surface area contributed by atoms with Crippen LogP contribution >= 0.6 is 0 Å². The van der Waals surface area contributed by atoms with E-state index >= 15 is 0 Å². The van der Waals surface area contributed by atoms with Gasteiger partial charge in [-0.2, -0.15) is 0 Å². The number of ketones is 1. The summed E-state index contributed by atoms with van der Waals surface area (Å²) in [4.78, 5) is 12.4. The Kier molecular flexibility index (Phi) is 3.68. The molecule has 24 heavy (non-hydrogen) atoms. The second-order valence-electron chi connectivity index (χ2n) is 10.2. The van der Waals surface area contributed by atoms with E-state index in [1.165, 1.54) is 55.2 Å². The summed E-state index contributed by atoms with van der Waals surface area (Å²) in [6.45, 7) is 13.8. The van der Waals surface area contributed by atoms with Crippen molar-refractivity contribution in [3.8, 4) is 0 Å². The lowest BCUT2D eigenvalue weighted by Gasteiger charge is -2.55. The van der Waals surface area contributed by atoms with Crippen LogP contribution in [-0.2, 0) is 4.79 Å². The smallest absolute Gasteiger partial charge is 0.159 e. The largest absolute Gasteiger partial charge is 0.295 e. The van der Waals surface area contributed by atoms with E-state index in [9.17, 15) is 4.79 Å². The summed E-state index contributed by atoms with van der Waals surface area (Å²) in [5.41, 5.74) is 5.03. The maximum Gasteiger partial charge on any atom is 0.159 e. The van der Waals surface area contributed by atoms with Crippen molar-refractivity contribution in [2.24, 2.45) is 34.5 Å². The number of fused-ring (bicyclic) bond motifs is 2. The third-order valence-electron chi connectivity index (χ3n) is 8.59. The van der Waals surface area contributed by atoms with Gasteiger partial charge < -0.3 is 0 Å². The second kappa shape index (κ2) is 5.32. The van der Waals surface area contributed by atoms with E-state index < -0.39 is 0 Å². The van der Waals surface area contributed by atoms with Gasteiger partial charge in [-0.3, -0.25) is 4.79 Å². The summed E-state index contributed by atoms with van der Waals surface area (Å²) in [7, 11) is 0. The number of hydrogen-bond acceptors (Lipinski definition) is 1. The molecule has 132 valence electrons. The van der Waals surface area contributed by atoms with Crippen LogP contribution in [0.5, 0.6) is 0 Å². The van der Waals surface area contributed by atoms with Crippen molar-refractivity contribution < 1.29 is 4.79 Å². The van der Waals surface area contributed by atoms with Crippen molar-refractivity contribution in [3.05, 3.63) is 23.3 Å². The first-order valence-electron chi connectivity index (χ1n) is 10.1. The predicted molar refractivity (Wildman–Crippen MR) is 99.6 cm³/mol. The minimum atomic E-state index is 0.328. The molecule has 6 atom stereocenters. The van der Waals surface area contributed by atoms with Crippen LogP contribution < -0.4 is 0 Å². The topological polar surface area (TPSA) is 17.1 Å². The van der Waals surface area contributed by atoms with Crippen LogP contribution in [0.25, 0.3) is 0 Å². The summed E-state index contributed by atoms with van der Waals surface area (Å²) >= 11 is 0. The molecular formula is C23H34O. The van der Waals surface area contributed by atoms with Gasteiger partial charge in [-0.1, -0.05) is 38.5 Å². The molecule has 3 fully saturated rings. The van der Waals surface area contributed by atoms with Crippen LogP contribution in [0, 0.1) is 34.5 Å². The third kappa shape index (κ3) is 2.45. The Balaban J connectivity index is 1.54. The Hall–Kier alpha value is -0.850. The van der Waals surface area contributed by atoms with Gasteiger partial charge in [0.15, 0.2) is 5.78 Å². The number of carbonyl (C=O) groups is 1. The monoisotopic (exact) mass is 326 g/mol. The van der Waals surface area contributed by atoms with Gasteiger partial charge in [-0.15, -0.1) is 0 Å². The molecule has 0 N–H and O–H groups in total. The van der Waals surface area contributed by atoms with Crippen LogP contribution in [0.4, 0.5) is 0 Å². The number of rotatable bonds is 2. The molecule has 3 saturated carbocycles. The molecule has 4 aliphatic rings. The van der Waals surface area contributed by atoms with Crippen molar-refractivity contribution in [2.45, 2.75) is 79.1 Å². The second-order valence-corrected chi connectivity index (χ2v) is 10.2. The van der Waals surface area contributed by atoms with E-state index in [1.54, 1.807) is 0 Å². The molecule has 0 aromatic heterocycles. The van der Waals surface area contributed by atoms with Crippen LogP contribution in [-0.4, -0.2) is 5.78 Å². The van der Waals surface area contributed by atoms with Crippen LogP contribution in [0.15, 0.2) is 23.3 Å². The fourth-order valence-electron chi connectivity index (χ4n) is 6.31. The van der Waals surface area contributed by atoms with Crippen LogP contribution in [0.1, 0.15) is 79.1 Å². The third-order valence-corrected chi connectivity index (χ3v) is 8.59. The number of allylic oxidation sites excluding steroid dienone is 3. The Morgan fingerprint density at radius 1 is 1.21 bits per heavy atom. The maximum absolute atomic E-state index is 12.4. The van der Waals surface area contributed by atoms with Crippen molar-refractivity contribution in [1.82, 2.24) is 0 Å². The summed E-state index contributed by atoms with van der Waals surface area (Å²) < 4.78 is 0. The first-order valence-corrected chi connectivity index (χ1v) is 10.1. The van der Waals surface area contributed by atoms with Gasteiger partial charge in [0.1, 0.15) is 0 Å². The Bertz CT molecular complexity index is 626. The van der Waals surface area contributed by atoms with E-state index in [1.807, 2.05) is 0 Å². The fourth-order valence-corrected chi connectivity index (χ4v) is 6.31. The van der Waals surface area contributed by atoms with Crippen molar-refractivity contribution in [2.75, 3.05) is 0 Å². The molecule has 4 aliphatic carbocycles. The average Bonchev–Trinajstić information content (AvgIpc) is 3.09.